The van der Waals surface area contributed by atoms with Crippen LogP contribution in [0.2, 0.25) is 0 Å². The second-order valence-corrected chi connectivity index (χ2v) is 3.48. The van der Waals surface area contributed by atoms with Gasteiger partial charge in [-0.05, 0) is 31.2 Å². The number of hydrogen-bond donors (Lipinski definition) is 2. The maximum Gasteiger partial charge on any atom is 0.257 e. The minimum absolute atomic E-state index is 0.246. The van der Waals surface area contributed by atoms with E-state index in [1.165, 1.54) is 12.1 Å². The van der Waals surface area contributed by atoms with Crippen molar-refractivity contribution in [3.05, 3.63) is 53.6 Å². The van der Waals surface area contributed by atoms with Gasteiger partial charge in [-0.1, -0.05) is 6.07 Å². The molecule has 1 amide bonds. The highest BCUT2D eigenvalue weighted by atomic mass is 19.1. The summed E-state index contributed by atoms with van der Waals surface area (Å²) in [6, 6.07) is 7.49. The van der Waals surface area contributed by atoms with Crippen molar-refractivity contribution in [1.29, 1.82) is 0 Å². The van der Waals surface area contributed by atoms with E-state index in [9.17, 15) is 9.18 Å². The van der Waals surface area contributed by atoms with Gasteiger partial charge in [0.05, 0.1) is 5.56 Å². The third kappa shape index (κ3) is 2.11. The summed E-state index contributed by atoms with van der Waals surface area (Å²) in [6.07, 6.45) is 1.69. The van der Waals surface area contributed by atoms with Crippen LogP contribution in [0.3, 0.4) is 0 Å². The predicted molar refractivity (Wildman–Crippen MR) is 59.9 cm³/mol. The van der Waals surface area contributed by atoms with Crippen LogP contribution in [-0.2, 0) is 0 Å². The molecule has 4 heteroatoms. The summed E-state index contributed by atoms with van der Waals surface area (Å²) in [7, 11) is 0. The molecule has 1 heterocycles. The van der Waals surface area contributed by atoms with Gasteiger partial charge < -0.3 is 10.3 Å². The molecule has 0 saturated carbocycles. The van der Waals surface area contributed by atoms with Gasteiger partial charge in [0.1, 0.15) is 5.82 Å². The SMILES string of the molecule is Cc1[nH]ccc1C(=O)Nc1cccc(F)c1. The number of benzene rings is 1. The summed E-state index contributed by atoms with van der Waals surface area (Å²) in [5, 5.41) is 2.63. The van der Waals surface area contributed by atoms with Gasteiger partial charge in [-0.25, -0.2) is 4.39 Å². The molecule has 0 bridgehead atoms. The fraction of sp³-hybridized carbons (Fsp3) is 0.0833. The van der Waals surface area contributed by atoms with Crippen molar-refractivity contribution in [2.24, 2.45) is 0 Å². The largest absolute Gasteiger partial charge is 0.365 e. The molecule has 0 aliphatic heterocycles. The fourth-order valence-electron chi connectivity index (χ4n) is 1.46. The molecule has 2 rings (SSSR count). The van der Waals surface area contributed by atoms with Crippen molar-refractivity contribution < 1.29 is 9.18 Å². The summed E-state index contributed by atoms with van der Waals surface area (Å²) >= 11 is 0. The summed E-state index contributed by atoms with van der Waals surface area (Å²) in [5.74, 6) is -0.618. The maximum atomic E-state index is 12.9. The van der Waals surface area contributed by atoms with Crippen molar-refractivity contribution in [2.75, 3.05) is 5.32 Å². The summed E-state index contributed by atoms with van der Waals surface area (Å²) < 4.78 is 12.9. The first-order valence-electron chi connectivity index (χ1n) is 4.88. The van der Waals surface area contributed by atoms with Crippen LogP contribution in [0.1, 0.15) is 16.1 Å². The van der Waals surface area contributed by atoms with Crippen LogP contribution < -0.4 is 5.32 Å². The van der Waals surface area contributed by atoms with Crippen LogP contribution in [0.15, 0.2) is 36.5 Å². The van der Waals surface area contributed by atoms with Gasteiger partial charge in [0.25, 0.3) is 5.91 Å². The molecule has 0 radical (unpaired) electrons. The predicted octanol–water partition coefficient (Wildman–Crippen LogP) is 2.71. The van der Waals surface area contributed by atoms with Crippen LogP contribution in [0, 0.1) is 12.7 Å². The van der Waals surface area contributed by atoms with E-state index in [0.717, 1.165) is 5.69 Å². The molecule has 82 valence electrons. The number of amides is 1. The summed E-state index contributed by atoms with van der Waals surface area (Å²) in [6.45, 7) is 1.81. The zero-order chi connectivity index (χ0) is 11.5. The topological polar surface area (TPSA) is 44.9 Å². The third-order valence-electron chi connectivity index (χ3n) is 2.28. The zero-order valence-corrected chi connectivity index (χ0v) is 8.75. The quantitative estimate of drug-likeness (QED) is 0.799. The van der Waals surface area contributed by atoms with E-state index >= 15 is 0 Å². The molecule has 0 spiro atoms. The average molecular weight is 218 g/mol. The molecule has 16 heavy (non-hydrogen) atoms. The Kier molecular flexibility index (Phi) is 2.72. The van der Waals surface area contributed by atoms with Gasteiger partial charge in [-0.2, -0.15) is 0 Å². The number of hydrogen-bond acceptors (Lipinski definition) is 1. The van der Waals surface area contributed by atoms with E-state index in [1.807, 2.05) is 0 Å². The molecule has 3 nitrogen and oxygen atoms in total. The van der Waals surface area contributed by atoms with E-state index in [0.29, 0.717) is 11.3 Å². The van der Waals surface area contributed by atoms with Crippen molar-refractivity contribution in [3.8, 4) is 0 Å². The minimum Gasteiger partial charge on any atom is -0.365 e. The maximum absolute atomic E-state index is 12.9. The van der Waals surface area contributed by atoms with E-state index in [2.05, 4.69) is 10.3 Å². The number of aromatic amines is 1. The van der Waals surface area contributed by atoms with Crippen LogP contribution >= 0.6 is 0 Å². The van der Waals surface area contributed by atoms with Crippen LogP contribution in [0.4, 0.5) is 10.1 Å². The lowest BCUT2D eigenvalue weighted by Gasteiger charge is -2.04. The Morgan fingerprint density at radius 3 is 2.81 bits per heavy atom. The molecule has 1 aromatic heterocycles. The number of halogens is 1. The van der Waals surface area contributed by atoms with Crippen molar-refractivity contribution in [3.63, 3.8) is 0 Å². The van der Waals surface area contributed by atoms with E-state index in [1.54, 1.807) is 31.3 Å². The number of carbonyl (C=O) groups is 1. The second kappa shape index (κ2) is 4.18. The smallest absolute Gasteiger partial charge is 0.257 e. The number of rotatable bonds is 2. The Bertz CT molecular complexity index is 519. The highest BCUT2D eigenvalue weighted by molar-refractivity contribution is 6.05. The second-order valence-electron chi connectivity index (χ2n) is 3.48. The number of carbonyl (C=O) groups excluding carboxylic acids is 1. The lowest BCUT2D eigenvalue weighted by Crippen LogP contribution is -2.12. The molecule has 0 aliphatic carbocycles. The molecule has 0 fully saturated rings. The molecular weight excluding hydrogens is 207 g/mol. The monoisotopic (exact) mass is 218 g/mol. The fourth-order valence-corrected chi connectivity index (χ4v) is 1.46. The highest BCUT2D eigenvalue weighted by Crippen LogP contribution is 2.12. The first-order chi connectivity index (χ1) is 7.66. The van der Waals surface area contributed by atoms with Gasteiger partial charge in [-0.3, -0.25) is 4.79 Å². The Hall–Kier alpha value is -2.10. The van der Waals surface area contributed by atoms with Gasteiger partial charge >= 0.3 is 0 Å². The number of aromatic nitrogens is 1. The van der Waals surface area contributed by atoms with Crippen molar-refractivity contribution in [2.45, 2.75) is 6.92 Å². The third-order valence-corrected chi connectivity index (χ3v) is 2.28. The van der Waals surface area contributed by atoms with Crippen LogP contribution in [0.5, 0.6) is 0 Å². The standard InChI is InChI=1S/C12H11FN2O/c1-8-11(5-6-14-8)12(16)15-10-4-2-3-9(13)7-10/h2-7,14H,1H3,(H,15,16). The Morgan fingerprint density at radius 2 is 2.19 bits per heavy atom. The van der Waals surface area contributed by atoms with Crippen LogP contribution in [-0.4, -0.2) is 10.9 Å². The van der Waals surface area contributed by atoms with Gasteiger partial charge in [0, 0.05) is 17.6 Å². The van der Waals surface area contributed by atoms with Gasteiger partial charge in [0.15, 0.2) is 0 Å². The van der Waals surface area contributed by atoms with E-state index in [-0.39, 0.29) is 11.7 Å². The Morgan fingerprint density at radius 1 is 1.38 bits per heavy atom. The first kappa shape index (κ1) is 10.4. The zero-order valence-electron chi connectivity index (χ0n) is 8.75. The van der Waals surface area contributed by atoms with Crippen molar-refractivity contribution in [1.82, 2.24) is 4.98 Å². The molecule has 0 unspecified atom stereocenters. The number of nitrogens with one attached hydrogen (secondary N) is 2. The van der Waals surface area contributed by atoms with E-state index < -0.39 is 0 Å². The van der Waals surface area contributed by atoms with Crippen molar-refractivity contribution >= 4 is 11.6 Å². The summed E-state index contributed by atoms with van der Waals surface area (Å²) in [4.78, 5) is 14.7. The molecule has 0 atom stereocenters. The molecule has 2 aromatic rings. The molecule has 1 aromatic carbocycles. The molecular formula is C12H11FN2O. The number of H-pyrrole nitrogens is 1. The highest BCUT2D eigenvalue weighted by Gasteiger charge is 2.09. The lowest BCUT2D eigenvalue weighted by molar-refractivity contribution is 0.102. The average Bonchev–Trinajstić information content (AvgIpc) is 2.64. The van der Waals surface area contributed by atoms with Gasteiger partial charge in [0.2, 0.25) is 0 Å². The molecule has 0 saturated heterocycles. The Labute approximate surface area is 92.3 Å². The Balaban J connectivity index is 2.17. The number of aryl methyl sites for hydroxylation is 1. The summed E-state index contributed by atoms with van der Waals surface area (Å²) in [5.41, 5.74) is 1.80. The van der Waals surface area contributed by atoms with Crippen LogP contribution in [0.25, 0.3) is 0 Å². The normalized spacial score (nSPS) is 10.1. The molecule has 0 aliphatic rings. The molecule has 2 N–H and O–H groups in total. The van der Waals surface area contributed by atoms with E-state index in [4.69, 9.17) is 0 Å². The number of anilines is 1. The minimum atomic E-state index is -0.372. The lowest BCUT2D eigenvalue weighted by atomic mass is 10.2. The first-order valence-corrected chi connectivity index (χ1v) is 4.88. The van der Waals surface area contributed by atoms with Gasteiger partial charge in [-0.15, -0.1) is 0 Å².